The number of hydrogen-bond donors (Lipinski definition) is 2. The normalized spacial score (nSPS) is 19.6. The fourth-order valence-electron chi connectivity index (χ4n) is 1.75. The lowest BCUT2D eigenvalue weighted by molar-refractivity contribution is -0.150. The van der Waals surface area contributed by atoms with Crippen LogP contribution in [-0.2, 0) is 9.59 Å². The molecule has 98 valence electrons. The molecule has 1 heterocycles. The Kier molecular flexibility index (Phi) is 4.93. The predicted octanol–water partition coefficient (Wildman–Crippen LogP) is 0.554. The highest BCUT2D eigenvalue weighted by Crippen LogP contribution is 2.23. The molecule has 2 atom stereocenters. The number of rotatable bonds is 6. The number of likely N-dealkylation sites (tertiary alicyclic amines) is 1. The van der Waals surface area contributed by atoms with E-state index in [4.69, 9.17) is 5.11 Å². The number of nitrogens with one attached hydrogen (secondary N) is 1. The summed E-state index contributed by atoms with van der Waals surface area (Å²) in [5.41, 5.74) is 0. The smallest absolute Gasteiger partial charge is 0.306 e. The Labute approximate surface area is 102 Å². The highest BCUT2D eigenvalue weighted by atomic mass is 16.4. The minimum absolute atomic E-state index is 0.0686. The van der Waals surface area contributed by atoms with E-state index in [1.807, 2.05) is 6.92 Å². The van der Waals surface area contributed by atoms with E-state index in [-0.39, 0.29) is 17.7 Å². The van der Waals surface area contributed by atoms with Gasteiger partial charge in [0.05, 0.1) is 12.5 Å². The van der Waals surface area contributed by atoms with Gasteiger partial charge in [-0.05, 0) is 13.3 Å². The molecule has 2 N–H and O–H groups in total. The molecule has 1 rings (SSSR count). The molecule has 17 heavy (non-hydrogen) atoms. The highest BCUT2D eigenvalue weighted by Gasteiger charge is 2.36. The van der Waals surface area contributed by atoms with Crippen LogP contribution >= 0.6 is 0 Å². The number of carbonyl (C=O) groups excluding carboxylic acids is 1. The van der Waals surface area contributed by atoms with Gasteiger partial charge in [-0.25, -0.2) is 0 Å². The molecule has 0 aromatic carbocycles. The van der Waals surface area contributed by atoms with Crippen LogP contribution in [-0.4, -0.2) is 47.6 Å². The van der Waals surface area contributed by atoms with Gasteiger partial charge in [0.25, 0.3) is 0 Å². The summed E-state index contributed by atoms with van der Waals surface area (Å²) < 4.78 is 0. The second kappa shape index (κ2) is 6.00. The Morgan fingerprint density at radius 2 is 2.00 bits per heavy atom. The molecule has 1 saturated heterocycles. The van der Waals surface area contributed by atoms with Crippen molar-refractivity contribution in [1.29, 1.82) is 0 Å². The first-order valence-corrected chi connectivity index (χ1v) is 6.19. The topological polar surface area (TPSA) is 69.6 Å². The fraction of sp³-hybridized carbons (Fsp3) is 0.833. The van der Waals surface area contributed by atoms with Crippen LogP contribution in [0.25, 0.3) is 0 Å². The molecule has 5 heteroatoms. The lowest BCUT2D eigenvalue weighted by Gasteiger charge is -2.41. The molecule has 1 aliphatic rings. The van der Waals surface area contributed by atoms with Gasteiger partial charge in [0.2, 0.25) is 5.91 Å². The van der Waals surface area contributed by atoms with E-state index in [9.17, 15) is 9.59 Å². The first-order valence-electron chi connectivity index (χ1n) is 6.19. The third kappa shape index (κ3) is 3.70. The number of carbonyl (C=O) groups is 2. The van der Waals surface area contributed by atoms with Crippen LogP contribution in [0.1, 0.15) is 27.2 Å². The van der Waals surface area contributed by atoms with E-state index < -0.39 is 5.97 Å². The van der Waals surface area contributed by atoms with Gasteiger partial charge in [0.1, 0.15) is 0 Å². The average Bonchev–Trinajstić information content (AvgIpc) is 2.23. The molecular weight excluding hydrogens is 220 g/mol. The van der Waals surface area contributed by atoms with E-state index in [0.29, 0.717) is 25.7 Å². The molecule has 0 saturated carbocycles. The van der Waals surface area contributed by atoms with Gasteiger partial charge in [0.15, 0.2) is 0 Å². The highest BCUT2D eigenvalue weighted by molar-refractivity contribution is 5.79. The van der Waals surface area contributed by atoms with Crippen LogP contribution in [0.4, 0.5) is 0 Å². The molecule has 0 spiro atoms. The maximum absolute atomic E-state index is 11.7. The van der Waals surface area contributed by atoms with Gasteiger partial charge in [-0.1, -0.05) is 13.8 Å². The molecule has 0 radical (unpaired) electrons. The number of hydrogen-bond acceptors (Lipinski definition) is 3. The van der Waals surface area contributed by atoms with Crippen LogP contribution in [0, 0.1) is 11.8 Å². The fourth-order valence-corrected chi connectivity index (χ4v) is 1.75. The number of aliphatic carboxylic acids is 1. The summed E-state index contributed by atoms with van der Waals surface area (Å²) in [7, 11) is 0. The van der Waals surface area contributed by atoms with E-state index >= 15 is 0 Å². The third-order valence-electron chi connectivity index (χ3n) is 3.57. The van der Waals surface area contributed by atoms with Crippen molar-refractivity contribution in [1.82, 2.24) is 10.2 Å². The molecule has 0 aromatic rings. The zero-order chi connectivity index (χ0) is 13.0. The Bertz CT molecular complexity index is 287. The molecule has 5 nitrogen and oxygen atoms in total. The van der Waals surface area contributed by atoms with Crippen molar-refractivity contribution in [2.45, 2.75) is 33.2 Å². The van der Waals surface area contributed by atoms with E-state index in [1.165, 1.54) is 0 Å². The predicted molar refractivity (Wildman–Crippen MR) is 64.6 cm³/mol. The maximum Gasteiger partial charge on any atom is 0.306 e. The zero-order valence-corrected chi connectivity index (χ0v) is 10.8. The monoisotopic (exact) mass is 242 g/mol. The summed E-state index contributed by atoms with van der Waals surface area (Å²) in [6, 6.07) is 0.342. The third-order valence-corrected chi connectivity index (χ3v) is 3.57. The minimum atomic E-state index is -0.778. The SMILES string of the molecule is CCC(C)NCC(=O)N1CC(C(C)C(=O)O)C1. The zero-order valence-electron chi connectivity index (χ0n) is 10.8. The second-order valence-electron chi connectivity index (χ2n) is 4.88. The number of nitrogens with zero attached hydrogens (tertiary/aromatic N) is 1. The van der Waals surface area contributed by atoms with Crippen LogP contribution in [0.15, 0.2) is 0 Å². The largest absolute Gasteiger partial charge is 0.481 e. The van der Waals surface area contributed by atoms with Gasteiger partial charge in [0, 0.05) is 25.0 Å². The number of carboxylic acids is 1. The van der Waals surface area contributed by atoms with Gasteiger partial charge < -0.3 is 15.3 Å². The van der Waals surface area contributed by atoms with Gasteiger partial charge in [-0.3, -0.25) is 9.59 Å². The minimum Gasteiger partial charge on any atom is -0.481 e. The van der Waals surface area contributed by atoms with Crippen molar-refractivity contribution in [3.63, 3.8) is 0 Å². The standard InChI is InChI=1S/C12H22N2O3/c1-4-8(2)13-5-11(15)14-6-10(7-14)9(3)12(16)17/h8-10,13H,4-7H2,1-3H3,(H,16,17). The summed E-state index contributed by atoms with van der Waals surface area (Å²) in [6.07, 6.45) is 0.992. The quantitative estimate of drug-likeness (QED) is 0.714. The number of carboxylic acid groups (broad SMARTS) is 1. The van der Waals surface area contributed by atoms with E-state index in [1.54, 1.807) is 11.8 Å². The Morgan fingerprint density at radius 1 is 1.41 bits per heavy atom. The Hall–Kier alpha value is -1.10. The molecule has 1 amide bonds. The van der Waals surface area contributed by atoms with Crippen molar-refractivity contribution < 1.29 is 14.7 Å². The molecule has 0 bridgehead atoms. The summed E-state index contributed by atoms with van der Waals surface area (Å²) in [4.78, 5) is 24.2. The van der Waals surface area contributed by atoms with E-state index in [2.05, 4.69) is 12.2 Å². The van der Waals surface area contributed by atoms with Crippen molar-refractivity contribution in [3.05, 3.63) is 0 Å². The molecular formula is C12H22N2O3. The van der Waals surface area contributed by atoms with Crippen molar-refractivity contribution in [2.75, 3.05) is 19.6 Å². The molecule has 0 aromatic heterocycles. The first-order chi connectivity index (χ1) is 7.95. The number of amides is 1. The van der Waals surface area contributed by atoms with Crippen LogP contribution in [0.3, 0.4) is 0 Å². The van der Waals surface area contributed by atoms with Gasteiger partial charge >= 0.3 is 5.97 Å². The summed E-state index contributed by atoms with van der Waals surface area (Å²) in [6.45, 7) is 7.31. The van der Waals surface area contributed by atoms with Crippen LogP contribution in [0.5, 0.6) is 0 Å². The maximum atomic E-state index is 11.7. The lowest BCUT2D eigenvalue weighted by Crippen LogP contribution is -2.55. The molecule has 0 aliphatic carbocycles. The molecule has 1 aliphatic heterocycles. The van der Waals surface area contributed by atoms with Crippen molar-refractivity contribution >= 4 is 11.9 Å². The lowest BCUT2D eigenvalue weighted by atomic mass is 9.87. The summed E-state index contributed by atoms with van der Waals surface area (Å²) in [5.74, 6) is -0.958. The summed E-state index contributed by atoms with van der Waals surface area (Å²) >= 11 is 0. The average molecular weight is 242 g/mol. The van der Waals surface area contributed by atoms with Gasteiger partial charge in [-0.2, -0.15) is 0 Å². The van der Waals surface area contributed by atoms with Crippen LogP contribution in [0.2, 0.25) is 0 Å². The van der Waals surface area contributed by atoms with Crippen molar-refractivity contribution in [2.24, 2.45) is 11.8 Å². The van der Waals surface area contributed by atoms with Gasteiger partial charge in [-0.15, -0.1) is 0 Å². The molecule has 1 fully saturated rings. The second-order valence-corrected chi connectivity index (χ2v) is 4.88. The van der Waals surface area contributed by atoms with Crippen molar-refractivity contribution in [3.8, 4) is 0 Å². The Balaban J connectivity index is 2.23. The first kappa shape index (κ1) is 14.0. The summed E-state index contributed by atoms with van der Waals surface area (Å²) in [5, 5.41) is 12.0. The molecule has 2 unspecified atom stereocenters. The Morgan fingerprint density at radius 3 is 2.47 bits per heavy atom. The van der Waals surface area contributed by atoms with Crippen LogP contribution < -0.4 is 5.32 Å². The van der Waals surface area contributed by atoms with E-state index in [0.717, 1.165) is 6.42 Å².